The third-order valence-corrected chi connectivity index (χ3v) is 3.95. The zero-order valence-electron chi connectivity index (χ0n) is 12.2. The molecule has 1 saturated heterocycles. The normalized spacial score (nSPS) is 32.0. The van der Waals surface area contributed by atoms with E-state index in [1.54, 1.807) is 0 Å². The fourth-order valence-electron chi connectivity index (χ4n) is 2.80. The maximum Gasteiger partial charge on any atom is 0.305 e. The summed E-state index contributed by atoms with van der Waals surface area (Å²) in [6.45, 7) is 7.85. The van der Waals surface area contributed by atoms with Crippen molar-refractivity contribution in [2.75, 3.05) is 0 Å². The summed E-state index contributed by atoms with van der Waals surface area (Å²) < 4.78 is 5.65. The smallest absolute Gasteiger partial charge is 0.305 e. The minimum Gasteiger partial charge on any atom is -0.481 e. The Hall–Kier alpha value is -1.10. The zero-order chi connectivity index (χ0) is 14.6. The van der Waals surface area contributed by atoms with E-state index in [1.807, 2.05) is 27.7 Å². The van der Waals surface area contributed by atoms with Crippen LogP contribution < -0.4 is 5.32 Å². The van der Waals surface area contributed by atoms with Crippen molar-refractivity contribution >= 4 is 11.9 Å². The number of nitrogens with one attached hydrogen (secondary N) is 1. The number of ether oxygens (including phenoxy) is 1. The van der Waals surface area contributed by atoms with Gasteiger partial charge in [0.25, 0.3) is 0 Å². The second kappa shape index (κ2) is 6.89. The molecule has 19 heavy (non-hydrogen) atoms. The third kappa shape index (κ3) is 4.20. The fraction of sp³-hybridized carbons (Fsp3) is 0.857. The number of carboxylic acid groups (broad SMARTS) is 1. The van der Waals surface area contributed by atoms with Crippen LogP contribution in [-0.2, 0) is 14.3 Å². The number of hydrogen-bond donors (Lipinski definition) is 2. The van der Waals surface area contributed by atoms with E-state index < -0.39 is 5.97 Å². The first-order chi connectivity index (χ1) is 8.86. The summed E-state index contributed by atoms with van der Waals surface area (Å²) in [5.74, 6) is -0.995. The number of hydrogen-bond acceptors (Lipinski definition) is 3. The lowest BCUT2D eigenvalue weighted by molar-refractivity contribution is -0.138. The summed E-state index contributed by atoms with van der Waals surface area (Å²) in [5.41, 5.74) is 0. The van der Waals surface area contributed by atoms with Crippen molar-refractivity contribution in [2.24, 2.45) is 11.8 Å². The van der Waals surface area contributed by atoms with Crippen LogP contribution in [0.25, 0.3) is 0 Å². The Morgan fingerprint density at radius 3 is 2.32 bits per heavy atom. The number of aliphatic carboxylic acids is 1. The summed E-state index contributed by atoms with van der Waals surface area (Å²) >= 11 is 0. The third-order valence-electron chi connectivity index (χ3n) is 3.95. The molecular weight excluding hydrogens is 246 g/mol. The molecule has 2 N–H and O–H groups in total. The Morgan fingerprint density at radius 1 is 1.26 bits per heavy atom. The number of rotatable bonds is 6. The van der Waals surface area contributed by atoms with Crippen LogP contribution in [0.1, 0.15) is 47.0 Å². The van der Waals surface area contributed by atoms with Gasteiger partial charge < -0.3 is 15.2 Å². The average Bonchev–Trinajstić information content (AvgIpc) is 2.52. The van der Waals surface area contributed by atoms with Crippen molar-refractivity contribution in [1.29, 1.82) is 0 Å². The highest BCUT2D eigenvalue weighted by Crippen LogP contribution is 2.32. The van der Waals surface area contributed by atoms with E-state index in [2.05, 4.69) is 5.32 Å². The topological polar surface area (TPSA) is 75.6 Å². The van der Waals surface area contributed by atoms with Crippen LogP contribution in [0.2, 0.25) is 0 Å². The summed E-state index contributed by atoms with van der Waals surface area (Å²) in [6, 6.07) is -0.287. The zero-order valence-corrected chi connectivity index (χ0v) is 12.2. The largest absolute Gasteiger partial charge is 0.481 e. The van der Waals surface area contributed by atoms with Gasteiger partial charge in [-0.2, -0.15) is 0 Å². The Balaban J connectivity index is 2.63. The molecule has 0 aromatic carbocycles. The quantitative estimate of drug-likeness (QED) is 0.772. The SMILES string of the molecule is CCCC(CC(=O)O)NC(=O)C1C(C)OC(C)C1C. The summed E-state index contributed by atoms with van der Waals surface area (Å²) in [7, 11) is 0. The van der Waals surface area contributed by atoms with E-state index in [9.17, 15) is 9.59 Å². The summed E-state index contributed by atoms with van der Waals surface area (Å²) in [5, 5.41) is 11.7. The van der Waals surface area contributed by atoms with E-state index in [4.69, 9.17) is 9.84 Å². The molecule has 0 bridgehead atoms. The molecule has 110 valence electrons. The molecule has 1 aliphatic rings. The molecule has 0 aliphatic carbocycles. The molecule has 5 unspecified atom stereocenters. The molecule has 5 atom stereocenters. The van der Waals surface area contributed by atoms with Gasteiger partial charge in [-0.1, -0.05) is 20.3 Å². The predicted molar refractivity (Wildman–Crippen MR) is 71.8 cm³/mol. The van der Waals surface area contributed by atoms with E-state index >= 15 is 0 Å². The maximum absolute atomic E-state index is 12.3. The minimum absolute atomic E-state index is 0.0223. The van der Waals surface area contributed by atoms with Gasteiger partial charge in [-0.15, -0.1) is 0 Å². The molecule has 0 saturated carbocycles. The van der Waals surface area contributed by atoms with Crippen LogP contribution in [0.15, 0.2) is 0 Å². The Morgan fingerprint density at radius 2 is 1.89 bits per heavy atom. The lowest BCUT2D eigenvalue weighted by Gasteiger charge is -2.22. The predicted octanol–water partition coefficient (Wildman–Crippen LogP) is 1.81. The van der Waals surface area contributed by atoms with Crippen LogP contribution in [-0.4, -0.2) is 35.2 Å². The van der Waals surface area contributed by atoms with Gasteiger partial charge in [0.15, 0.2) is 0 Å². The lowest BCUT2D eigenvalue weighted by Crippen LogP contribution is -2.43. The second-order valence-electron chi connectivity index (χ2n) is 5.52. The van der Waals surface area contributed by atoms with Crippen molar-refractivity contribution in [3.63, 3.8) is 0 Å². The molecule has 0 radical (unpaired) electrons. The molecule has 0 spiro atoms. The monoisotopic (exact) mass is 271 g/mol. The Bertz CT molecular complexity index is 331. The van der Waals surface area contributed by atoms with Crippen molar-refractivity contribution in [2.45, 2.75) is 65.2 Å². The first-order valence-electron chi connectivity index (χ1n) is 7.04. The van der Waals surface area contributed by atoms with Gasteiger partial charge in [-0.3, -0.25) is 9.59 Å². The highest BCUT2D eigenvalue weighted by Gasteiger charge is 2.41. The van der Waals surface area contributed by atoms with Crippen molar-refractivity contribution < 1.29 is 19.4 Å². The maximum atomic E-state index is 12.3. The van der Waals surface area contributed by atoms with Crippen LogP contribution in [0.3, 0.4) is 0 Å². The van der Waals surface area contributed by atoms with E-state index in [-0.39, 0.29) is 42.4 Å². The van der Waals surface area contributed by atoms with Crippen LogP contribution in [0.5, 0.6) is 0 Å². The highest BCUT2D eigenvalue weighted by atomic mass is 16.5. The van der Waals surface area contributed by atoms with Gasteiger partial charge in [0.1, 0.15) is 0 Å². The highest BCUT2D eigenvalue weighted by molar-refractivity contribution is 5.81. The van der Waals surface area contributed by atoms with Crippen LogP contribution in [0.4, 0.5) is 0 Å². The number of carboxylic acids is 1. The van der Waals surface area contributed by atoms with Gasteiger partial charge in [0.2, 0.25) is 5.91 Å². The average molecular weight is 271 g/mol. The molecule has 1 heterocycles. The number of carbonyl (C=O) groups excluding carboxylic acids is 1. The second-order valence-corrected chi connectivity index (χ2v) is 5.52. The van der Waals surface area contributed by atoms with E-state index in [0.29, 0.717) is 6.42 Å². The number of amides is 1. The molecule has 1 amide bonds. The van der Waals surface area contributed by atoms with Gasteiger partial charge >= 0.3 is 5.97 Å². The lowest BCUT2D eigenvalue weighted by atomic mass is 9.88. The van der Waals surface area contributed by atoms with E-state index in [0.717, 1.165) is 6.42 Å². The minimum atomic E-state index is -0.879. The first kappa shape index (κ1) is 16.0. The molecule has 0 aromatic rings. The molecule has 1 fully saturated rings. The van der Waals surface area contributed by atoms with Crippen molar-refractivity contribution in [3.05, 3.63) is 0 Å². The van der Waals surface area contributed by atoms with Crippen molar-refractivity contribution in [1.82, 2.24) is 5.32 Å². The van der Waals surface area contributed by atoms with Gasteiger partial charge in [0.05, 0.1) is 24.5 Å². The number of carbonyl (C=O) groups is 2. The molecule has 0 aromatic heterocycles. The molecule has 5 nitrogen and oxygen atoms in total. The summed E-state index contributed by atoms with van der Waals surface area (Å²) in [6.07, 6.45) is 1.46. The van der Waals surface area contributed by atoms with Crippen LogP contribution >= 0.6 is 0 Å². The molecule has 1 aliphatic heterocycles. The van der Waals surface area contributed by atoms with Gasteiger partial charge in [0, 0.05) is 6.04 Å². The van der Waals surface area contributed by atoms with Crippen molar-refractivity contribution in [3.8, 4) is 0 Å². The van der Waals surface area contributed by atoms with E-state index in [1.165, 1.54) is 0 Å². The molecule has 1 rings (SSSR count). The van der Waals surface area contributed by atoms with Crippen LogP contribution in [0, 0.1) is 11.8 Å². The van der Waals surface area contributed by atoms with Gasteiger partial charge in [-0.05, 0) is 26.2 Å². The summed E-state index contributed by atoms with van der Waals surface area (Å²) in [4.78, 5) is 23.1. The Kier molecular flexibility index (Phi) is 5.79. The molecule has 5 heteroatoms. The standard InChI is InChI=1S/C14H25NO4/c1-5-6-11(7-12(16)17)15-14(18)13-8(2)9(3)19-10(13)4/h8-11,13H,5-7H2,1-4H3,(H,15,18)(H,16,17). The molecular formula is C14H25NO4. The fourth-order valence-corrected chi connectivity index (χ4v) is 2.80. The Labute approximate surface area is 114 Å². The van der Waals surface area contributed by atoms with Gasteiger partial charge in [-0.25, -0.2) is 0 Å². The first-order valence-corrected chi connectivity index (χ1v) is 7.04.